The van der Waals surface area contributed by atoms with E-state index in [0.717, 1.165) is 11.3 Å². The summed E-state index contributed by atoms with van der Waals surface area (Å²) in [5, 5.41) is 0. The summed E-state index contributed by atoms with van der Waals surface area (Å²) in [4.78, 5) is 13.4. The fourth-order valence-corrected chi connectivity index (χ4v) is 1.86. The van der Waals surface area contributed by atoms with Gasteiger partial charge in [0.2, 0.25) is 5.91 Å². The van der Waals surface area contributed by atoms with Gasteiger partial charge in [0.15, 0.2) is 0 Å². The van der Waals surface area contributed by atoms with Gasteiger partial charge >= 0.3 is 0 Å². The van der Waals surface area contributed by atoms with Crippen molar-refractivity contribution in [1.82, 2.24) is 4.90 Å². The summed E-state index contributed by atoms with van der Waals surface area (Å²) in [5.41, 5.74) is 6.45. The molecule has 1 aromatic rings. The van der Waals surface area contributed by atoms with Crippen LogP contribution in [0.2, 0.25) is 0 Å². The molecular weight excluding hydrogens is 216 g/mol. The van der Waals surface area contributed by atoms with E-state index >= 15 is 0 Å². The lowest BCUT2D eigenvalue weighted by Crippen LogP contribution is -2.37. The highest BCUT2D eigenvalue weighted by molar-refractivity contribution is 5.78. The minimum atomic E-state index is -0.0391. The Hall–Kier alpha value is -1.55. The molecule has 1 atom stereocenters. The molecule has 0 saturated carbocycles. The number of rotatable bonds is 5. The molecule has 0 spiro atoms. The minimum Gasteiger partial charge on any atom is -0.497 e. The van der Waals surface area contributed by atoms with Gasteiger partial charge in [0.1, 0.15) is 5.75 Å². The summed E-state index contributed by atoms with van der Waals surface area (Å²) in [6.07, 6.45) is 0. The van der Waals surface area contributed by atoms with Crippen molar-refractivity contribution < 1.29 is 9.53 Å². The average molecular weight is 236 g/mol. The van der Waals surface area contributed by atoms with Crippen LogP contribution in [0.1, 0.15) is 25.5 Å². The van der Waals surface area contributed by atoms with Crippen LogP contribution in [0.4, 0.5) is 0 Å². The molecule has 0 fully saturated rings. The van der Waals surface area contributed by atoms with E-state index < -0.39 is 0 Å². The molecule has 1 unspecified atom stereocenters. The van der Waals surface area contributed by atoms with Crippen LogP contribution in [0.5, 0.6) is 5.75 Å². The number of amides is 1. The monoisotopic (exact) mass is 236 g/mol. The number of nitrogens with zero attached hydrogens (tertiary/aromatic N) is 1. The number of carbonyl (C=O) groups is 1. The molecule has 0 bridgehead atoms. The van der Waals surface area contributed by atoms with Crippen molar-refractivity contribution in [3.05, 3.63) is 29.8 Å². The number of hydrogen-bond acceptors (Lipinski definition) is 3. The van der Waals surface area contributed by atoms with Gasteiger partial charge in [-0.2, -0.15) is 0 Å². The molecule has 1 rings (SSSR count). The summed E-state index contributed by atoms with van der Waals surface area (Å²) >= 11 is 0. The van der Waals surface area contributed by atoms with Crippen LogP contribution in [0.25, 0.3) is 0 Å². The first-order chi connectivity index (χ1) is 8.13. The molecule has 2 N–H and O–H groups in total. The third kappa shape index (κ3) is 3.20. The largest absolute Gasteiger partial charge is 0.497 e. The zero-order valence-electron chi connectivity index (χ0n) is 10.6. The Morgan fingerprint density at radius 3 is 2.76 bits per heavy atom. The topological polar surface area (TPSA) is 55.6 Å². The first-order valence-electron chi connectivity index (χ1n) is 5.77. The van der Waals surface area contributed by atoms with Gasteiger partial charge in [-0.1, -0.05) is 12.1 Å². The first-order valence-corrected chi connectivity index (χ1v) is 5.77. The number of likely N-dealkylation sites (N-methyl/N-ethyl adjacent to an activating group) is 1. The Morgan fingerprint density at radius 1 is 1.53 bits per heavy atom. The highest BCUT2D eigenvalue weighted by Gasteiger charge is 2.18. The van der Waals surface area contributed by atoms with Gasteiger partial charge in [0.25, 0.3) is 0 Å². The van der Waals surface area contributed by atoms with Crippen molar-refractivity contribution in [2.75, 3.05) is 20.2 Å². The summed E-state index contributed by atoms with van der Waals surface area (Å²) in [6, 6.07) is 7.74. The summed E-state index contributed by atoms with van der Waals surface area (Å²) in [7, 11) is 1.63. The second-order valence-corrected chi connectivity index (χ2v) is 3.84. The summed E-state index contributed by atoms with van der Waals surface area (Å²) in [6.45, 7) is 4.63. The van der Waals surface area contributed by atoms with Crippen LogP contribution < -0.4 is 10.5 Å². The fraction of sp³-hybridized carbons (Fsp3) is 0.462. The average Bonchev–Trinajstić information content (AvgIpc) is 2.39. The molecule has 1 amide bonds. The van der Waals surface area contributed by atoms with Gasteiger partial charge in [-0.3, -0.25) is 4.79 Å². The van der Waals surface area contributed by atoms with Crippen molar-refractivity contribution in [1.29, 1.82) is 0 Å². The van der Waals surface area contributed by atoms with Gasteiger partial charge in [-0.25, -0.2) is 0 Å². The van der Waals surface area contributed by atoms with E-state index in [1.165, 1.54) is 0 Å². The fourth-order valence-electron chi connectivity index (χ4n) is 1.86. The number of carbonyl (C=O) groups excluding carboxylic acids is 1. The Bertz CT molecular complexity index is 379. The number of methoxy groups -OCH3 is 1. The number of benzene rings is 1. The Morgan fingerprint density at radius 2 is 2.24 bits per heavy atom. The van der Waals surface area contributed by atoms with Gasteiger partial charge in [-0.05, 0) is 31.5 Å². The summed E-state index contributed by atoms with van der Waals surface area (Å²) in [5.74, 6) is 0.758. The van der Waals surface area contributed by atoms with Crippen molar-refractivity contribution in [2.24, 2.45) is 5.73 Å². The molecule has 4 heteroatoms. The molecule has 0 aromatic heterocycles. The smallest absolute Gasteiger partial charge is 0.236 e. The Balaban J connectivity index is 2.92. The molecule has 0 radical (unpaired) electrons. The minimum absolute atomic E-state index is 0.00569. The molecule has 0 saturated heterocycles. The second kappa shape index (κ2) is 6.25. The number of hydrogen-bond donors (Lipinski definition) is 1. The van der Waals surface area contributed by atoms with Crippen LogP contribution >= 0.6 is 0 Å². The standard InChI is InChI=1S/C13H20N2O2/c1-4-15(13(16)9-14)10(2)11-6-5-7-12(8-11)17-3/h5-8,10H,4,9,14H2,1-3H3. The van der Waals surface area contributed by atoms with E-state index in [1.807, 2.05) is 38.1 Å². The molecule has 0 aliphatic carbocycles. The SMILES string of the molecule is CCN(C(=O)CN)C(C)c1cccc(OC)c1. The van der Waals surface area contributed by atoms with E-state index in [9.17, 15) is 4.79 Å². The quantitative estimate of drug-likeness (QED) is 0.844. The lowest BCUT2D eigenvalue weighted by molar-refractivity contribution is -0.131. The maximum absolute atomic E-state index is 11.7. The van der Waals surface area contributed by atoms with Crippen molar-refractivity contribution in [2.45, 2.75) is 19.9 Å². The van der Waals surface area contributed by atoms with Crippen LogP contribution in [0.3, 0.4) is 0 Å². The maximum Gasteiger partial charge on any atom is 0.236 e. The zero-order valence-corrected chi connectivity index (χ0v) is 10.6. The second-order valence-electron chi connectivity index (χ2n) is 3.84. The Labute approximate surface area is 102 Å². The zero-order chi connectivity index (χ0) is 12.8. The van der Waals surface area contributed by atoms with E-state index in [4.69, 9.17) is 10.5 Å². The summed E-state index contributed by atoms with van der Waals surface area (Å²) < 4.78 is 5.18. The van der Waals surface area contributed by atoms with E-state index in [-0.39, 0.29) is 18.5 Å². The highest BCUT2D eigenvalue weighted by Crippen LogP contribution is 2.23. The van der Waals surface area contributed by atoms with Crippen LogP contribution in [-0.2, 0) is 4.79 Å². The molecule has 17 heavy (non-hydrogen) atoms. The van der Waals surface area contributed by atoms with Crippen molar-refractivity contribution in [3.63, 3.8) is 0 Å². The maximum atomic E-state index is 11.7. The molecular formula is C13H20N2O2. The molecule has 94 valence electrons. The normalized spacial score (nSPS) is 12.0. The number of ether oxygens (including phenoxy) is 1. The van der Waals surface area contributed by atoms with E-state index in [1.54, 1.807) is 12.0 Å². The van der Waals surface area contributed by atoms with Gasteiger partial charge < -0.3 is 15.4 Å². The molecule has 0 aliphatic heterocycles. The predicted molar refractivity (Wildman–Crippen MR) is 67.9 cm³/mol. The van der Waals surface area contributed by atoms with Crippen LogP contribution in [-0.4, -0.2) is 31.0 Å². The molecule has 1 aromatic carbocycles. The Kier molecular flexibility index (Phi) is 4.97. The van der Waals surface area contributed by atoms with Crippen molar-refractivity contribution >= 4 is 5.91 Å². The third-order valence-electron chi connectivity index (χ3n) is 2.88. The van der Waals surface area contributed by atoms with E-state index in [2.05, 4.69) is 0 Å². The van der Waals surface area contributed by atoms with Crippen LogP contribution in [0.15, 0.2) is 24.3 Å². The van der Waals surface area contributed by atoms with Crippen molar-refractivity contribution in [3.8, 4) is 5.75 Å². The van der Waals surface area contributed by atoms with Gasteiger partial charge in [0, 0.05) is 6.54 Å². The first kappa shape index (κ1) is 13.5. The van der Waals surface area contributed by atoms with E-state index in [0.29, 0.717) is 6.54 Å². The highest BCUT2D eigenvalue weighted by atomic mass is 16.5. The molecule has 0 heterocycles. The number of nitrogens with two attached hydrogens (primary N) is 1. The lowest BCUT2D eigenvalue weighted by atomic mass is 10.1. The van der Waals surface area contributed by atoms with Crippen LogP contribution in [0, 0.1) is 0 Å². The van der Waals surface area contributed by atoms with Gasteiger partial charge in [0.05, 0.1) is 19.7 Å². The van der Waals surface area contributed by atoms with Gasteiger partial charge in [-0.15, -0.1) is 0 Å². The predicted octanol–water partition coefficient (Wildman–Crippen LogP) is 1.56. The molecule has 0 aliphatic rings. The third-order valence-corrected chi connectivity index (χ3v) is 2.88. The molecule has 4 nitrogen and oxygen atoms in total. The lowest BCUT2D eigenvalue weighted by Gasteiger charge is -2.28.